The second-order valence-electron chi connectivity index (χ2n) is 7.02. The summed E-state index contributed by atoms with van der Waals surface area (Å²) < 4.78 is 0. The maximum absolute atomic E-state index is 6.46. The van der Waals surface area contributed by atoms with E-state index in [1.54, 1.807) is 0 Å². The summed E-state index contributed by atoms with van der Waals surface area (Å²) in [6.45, 7) is 7.92. The third-order valence-electron chi connectivity index (χ3n) is 5.11. The second kappa shape index (κ2) is 7.65. The number of halogens is 1. The van der Waals surface area contributed by atoms with Crippen LogP contribution in [0.15, 0.2) is 18.2 Å². The molecule has 0 radical (unpaired) electrons. The molecule has 1 aliphatic carbocycles. The van der Waals surface area contributed by atoms with Crippen LogP contribution in [0.3, 0.4) is 0 Å². The van der Waals surface area contributed by atoms with Gasteiger partial charge in [-0.3, -0.25) is 0 Å². The average Bonchev–Trinajstić information content (AvgIpc) is 2.46. The zero-order chi connectivity index (χ0) is 15.3. The Bertz CT molecular complexity index is 449. The molecule has 0 amide bonds. The van der Waals surface area contributed by atoms with Gasteiger partial charge in [0.25, 0.3) is 0 Å². The minimum Gasteiger partial charge on any atom is -0.313 e. The van der Waals surface area contributed by atoms with Crippen molar-refractivity contribution in [1.29, 1.82) is 0 Å². The van der Waals surface area contributed by atoms with Gasteiger partial charge in [-0.25, -0.2) is 0 Å². The van der Waals surface area contributed by atoms with Gasteiger partial charge in [0, 0.05) is 11.1 Å². The molecule has 21 heavy (non-hydrogen) atoms. The lowest BCUT2D eigenvalue weighted by Gasteiger charge is -2.41. The number of rotatable bonds is 6. The van der Waals surface area contributed by atoms with Gasteiger partial charge < -0.3 is 5.32 Å². The topological polar surface area (TPSA) is 12.0 Å². The molecule has 1 aromatic rings. The van der Waals surface area contributed by atoms with Crippen molar-refractivity contribution < 1.29 is 0 Å². The van der Waals surface area contributed by atoms with Gasteiger partial charge in [0.15, 0.2) is 0 Å². The fraction of sp³-hybridized carbons (Fsp3) is 0.684. The SMILES string of the molecule is CCCNC(Cc1ccc(C)cc1Cl)C1(C)CCCCC1. The van der Waals surface area contributed by atoms with Crippen molar-refractivity contribution >= 4 is 11.6 Å². The molecule has 1 unspecified atom stereocenters. The monoisotopic (exact) mass is 307 g/mol. The summed E-state index contributed by atoms with van der Waals surface area (Å²) in [4.78, 5) is 0. The molecule has 1 saturated carbocycles. The zero-order valence-corrected chi connectivity index (χ0v) is 14.6. The molecule has 0 aromatic heterocycles. The molecule has 1 nitrogen and oxygen atoms in total. The van der Waals surface area contributed by atoms with Gasteiger partial charge in [-0.1, -0.05) is 56.8 Å². The molecule has 0 heterocycles. The average molecular weight is 308 g/mol. The Kier molecular flexibility index (Phi) is 6.13. The van der Waals surface area contributed by atoms with Gasteiger partial charge in [-0.15, -0.1) is 0 Å². The lowest BCUT2D eigenvalue weighted by atomic mass is 9.69. The molecule has 0 spiro atoms. The van der Waals surface area contributed by atoms with Crippen LogP contribution in [0.2, 0.25) is 5.02 Å². The zero-order valence-electron chi connectivity index (χ0n) is 13.8. The maximum Gasteiger partial charge on any atom is 0.0441 e. The van der Waals surface area contributed by atoms with Crippen molar-refractivity contribution in [3.8, 4) is 0 Å². The Morgan fingerprint density at radius 1 is 1.24 bits per heavy atom. The first-order chi connectivity index (χ1) is 10.0. The van der Waals surface area contributed by atoms with E-state index < -0.39 is 0 Å². The molecule has 0 aliphatic heterocycles. The number of benzene rings is 1. The van der Waals surface area contributed by atoms with E-state index >= 15 is 0 Å². The van der Waals surface area contributed by atoms with Gasteiger partial charge >= 0.3 is 0 Å². The Hall–Kier alpha value is -0.530. The summed E-state index contributed by atoms with van der Waals surface area (Å²) in [5.74, 6) is 0. The van der Waals surface area contributed by atoms with Crippen LogP contribution in [0.5, 0.6) is 0 Å². The first kappa shape index (κ1) is 16.8. The van der Waals surface area contributed by atoms with E-state index in [0.717, 1.165) is 18.0 Å². The second-order valence-corrected chi connectivity index (χ2v) is 7.43. The van der Waals surface area contributed by atoms with Crippen LogP contribution >= 0.6 is 11.6 Å². The molecule has 1 fully saturated rings. The molecule has 0 bridgehead atoms. The predicted octanol–water partition coefficient (Wildman–Crippen LogP) is 5.53. The van der Waals surface area contributed by atoms with Crippen molar-refractivity contribution in [2.75, 3.05) is 6.54 Å². The highest BCUT2D eigenvalue weighted by Gasteiger charge is 2.35. The smallest absolute Gasteiger partial charge is 0.0441 e. The number of hydrogen-bond donors (Lipinski definition) is 1. The van der Waals surface area contributed by atoms with Crippen molar-refractivity contribution in [2.24, 2.45) is 5.41 Å². The summed E-state index contributed by atoms with van der Waals surface area (Å²) >= 11 is 6.46. The molecule has 0 saturated heterocycles. The van der Waals surface area contributed by atoms with E-state index in [2.05, 4.69) is 44.3 Å². The van der Waals surface area contributed by atoms with Crippen molar-refractivity contribution in [3.63, 3.8) is 0 Å². The summed E-state index contributed by atoms with van der Waals surface area (Å²) in [5, 5.41) is 4.74. The van der Waals surface area contributed by atoms with Crippen molar-refractivity contribution in [1.82, 2.24) is 5.32 Å². The molecular formula is C19H30ClN. The van der Waals surface area contributed by atoms with Crippen molar-refractivity contribution in [3.05, 3.63) is 34.3 Å². The highest BCUT2D eigenvalue weighted by Crippen LogP contribution is 2.40. The van der Waals surface area contributed by atoms with Crippen LogP contribution in [0.1, 0.15) is 63.5 Å². The lowest BCUT2D eigenvalue weighted by molar-refractivity contribution is 0.143. The molecule has 1 N–H and O–H groups in total. The fourth-order valence-electron chi connectivity index (χ4n) is 3.63. The third-order valence-corrected chi connectivity index (χ3v) is 5.46. The Morgan fingerprint density at radius 2 is 1.95 bits per heavy atom. The van der Waals surface area contributed by atoms with Crippen LogP contribution in [-0.2, 0) is 6.42 Å². The summed E-state index contributed by atoms with van der Waals surface area (Å²) in [7, 11) is 0. The summed E-state index contributed by atoms with van der Waals surface area (Å²) in [5.41, 5.74) is 2.95. The van der Waals surface area contributed by atoms with E-state index in [1.807, 2.05) is 0 Å². The first-order valence-electron chi connectivity index (χ1n) is 8.53. The molecule has 1 atom stereocenters. The standard InChI is InChI=1S/C19H30ClN/c1-4-12-21-18(19(3)10-6-5-7-11-19)14-16-9-8-15(2)13-17(16)20/h8-9,13,18,21H,4-7,10-12,14H2,1-3H3. The predicted molar refractivity (Wildman–Crippen MR) is 93.2 cm³/mol. The van der Waals surface area contributed by atoms with E-state index in [9.17, 15) is 0 Å². The Morgan fingerprint density at radius 3 is 2.57 bits per heavy atom. The number of hydrogen-bond acceptors (Lipinski definition) is 1. The Labute approximate surface area is 135 Å². The molecule has 1 aromatic carbocycles. The summed E-state index contributed by atoms with van der Waals surface area (Å²) in [6.07, 6.45) is 9.09. The summed E-state index contributed by atoms with van der Waals surface area (Å²) in [6, 6.07) is 7.03. The van der Waals surface area contributed by atoms with Gasteiger partial charge in [-0.05, 0) is 61.8 Å². The van der Waals surface area contributed by atoms with Crippen LogP contribution in [0, 0.1) is 12.3 Å². The molecule has 2 heteroatoms. The third kappa shape index (κ3) is 4.47. The normalized spacial score (nSPS) is 19.4. The first-order valence-corrected chi connectivity index (χ1v) is 8.91. The van der Waals surface area contributed by atoms with Crippen LogP contribution in [0.25, 0.3) is 0 Å². The molecule has 1 aliphatic rings. The van der Waals surface area contributed by atoms with Crippen molar-refractivity contribution in [2.45, 2.75) is 71.8 Å². The largest absolute Gasteiger partial charge is 0.313 e. The quantitative estimate of drug-likeness (QED) is 0.728. The lowest BCUT2D eigenvalue weighted by Crippen LogP contribution is -2.46. The molecular weight excluding hydrogens is 278 g/mol. The van der Waals surface area contributed by atoms with E-state index in [0.29, 0.717) is 11.5 Å². The molecule has 2 rings (SSSR count). The van der Waals surface area contributed by atoms with Gasteiger partial charge in [0.05, 0.1) is 0 Å². The van der Waals surface area contributed by atoms with Gasteiger partial charge in [-0.2, -0.15) is 0 Å². The van der Waals surface area contributed by atoms with Crippen LogP contribution < -0.4 is 5.32 Å². The van der Waals surface area contributed by atoms with Gasteiger partial charge in [0.1, 0.15) is 0 Å². The van der Waals surface area contributed by atoms with Crippen LogP contribution in [-0.4, -0.2) is 12.6 Å². The minimum absolute atomic E-state index is 0.418. The molecule has 118 valence electrons. The Balaban J connectivity index is 2.15. The number of aryl methyl sites for hydroxylation is 1. The fourth-order valence-corrected chi connectivity index (χ4v) is 3.94. The van der Waals surface area contributed by atoms with Gasteiger partial charge in [0.2, 0.25) is 0 Å². The highest BCUT2D eigenvalue weighted by atomic mass is 35.5. The maximum atomic E-state index is 6.46. The highest BCUT2D eigenvalue weighted by molar-refractivity contribution is 6.31. The minimum atomic E-state index is 0.418. The van der Waals surface area contributed by atoms with Crippen LogP contribution in [0.4, 0.5) is 0 Å². The number of nitrogens with one attached hydrogen (secondary N) is 1. The van der Waals surface area contributed by atoms with E-state index in [-0.39, 0.29) is 0 Å². The van der Waals surface area contributed by atoms with E-state index in [1.165, 1.54) is 49.7 Å². The van der Waals surface area contributed by atoms with E-state index in [4.69, 9.17) is 11.6 Å².